The minimum Gasteiger partial charge on any atom is -0.376 e. The van der Waals surface area contributed by atoms with Crippen molar-refractivity contribution in [2.24, 2.45) is 0 Å². The van der Waals surface area contributed by atoms with E-state index in [9.17, 15) is 0 Å². The first-order valence-corrected chi connectivity index (χ1v) is 8.40. The van der Waals surface area contributed by atoms with Crippen LogP contribution in [0.25, 0.3) is 0 Å². The third kappa shape index (κ3) is 5.17. The Hall–Kier alpha value is -0.770. The first-order chi connectivity index (χ1) is 10.2. The lowest BCUT2D eigenvalue weighted by Crippen LogP contribution is -2.34. The van der Waals surface area contributed by atoms with Gasteiger partial charge in [0.05, 0.1) is 6.10 Å². The molecule has 1 atom stereocenters. The first kappa shape index (κ1) is 16.6. The number of hydrogen-bond donors (Lipinski definition) is 1. The normalized spacial score (nSPS) is 18.7. The summed E-state index contributed by atoms with van der Waals surface area (Å²) in [5, 5.41) is 4.26. The van der Waals surface area contributed by atoms with Crippen LogP contribution in [0.2, 0.25) is 5.02 Å². The molecule has 4 heteroatoms. The Bertz CT molecular complexity index is 433. The standard InChI is InChI=1S/C17H27ClN2O/c1-3-9-19-12-14-11-15(18)7-8-17(14)20(2)13-16-6-4-5-10-21-16/h7-8,11,16,19H,3-6,9-10,12-13H2,1-2H3. The number of halogens is 1. The van der Waals surface area contributed by atoms with Gasteiger partial charge in [-0.2, -0.15) is 0 Å². The second-order valence-corrected chi connectivity index (χ2v) is 6.26. The van der Waals surface area contributed by atoms with Crippen molar-refractivity contribution in [3.05, 3.63) is 28.8 Å². The van der Waals surface area contributed by atoms with Crippen LogP contribution in [0.5, 0.6) is 0 Å². The molecule has 2 rings (SSSR count). The molecule has 0 radical (unpaired) electrons. The summed E-state index contributed by atoms with van der Waals surface area (Å²) in [6.07, 6.45) is 5.15. The summed E-state index contributed by atoms with van der Waals surface area (Å²) < 4.78 is 5.85. The summed E-state index contributed by atoms with van der Waals surface area (Å²) in [7, 11) is 2.14. The predicted molar refractivity (Wildman–Crippen MR) is 90.3 cm³/mol. The molecule has 21 heavy (non-hydrogen) atoms. The number of nitrogens with one attached hydrogen (secondary N) is 1. The Morgan fingerprint density at radius 1 is 1.38 bits per heavy atom. The minimum atomic E-state index is 0.357. The summed E-state index contributed by atoms with van der Waals surface area (Å²) in [6.45, 7) is 5.92. The Labute approximate surface area is 133 Å². The topological polar surface area (TPSA) is 24.5 Å². The summed E-state index contributed by atoms with van der Waals surface area (Å²) in [4.78, 5) is 2.30. The fraction of sp³-hybridized carbons (Fsp3) is 0.647. The van der Waals surface area contributed by atoms with Gasteiger partial charge in [-0.15, -0.1) is 0 Å². The van der Waals surface area contributed by atoms with Crippen molar-refractivity contribution in [2.45, 2.75) is 45.3 Å². The van der Waals surface area contributed by atoms with Crippen LogP contribution in [0.4, 0.5) is 5.69 Å². The van der Waals surface area contributed by atoms with E-state index in [1.807, 2.05) is 6.07 Å². The van der Waals surface area contributed by atoms with Crippen LogP contribution < -0.4 is 10.2 Å². The monoisotopic (exact) mass is 310 g/mol. The van der Waals surface area contributed by atoms with Gasteiger partial charge < -0.3 is 15.0 Å². The third-order valence-corrected chi connectivity index (χ3v) is 4.18. The van der Waals surface area contributed by atoms with Crippen molar-refractivity contribution in [2.75, 3.05) is 31.6 Å². The van der Waals surface area contributed by atoms with Crippen molar-refractivity contribution in [3.63, 3.8) is 0 Å². The van der Waals surface area contributed by atoms with Gasteiger partial charge in [-0.25, -0.2) is 0 Å². The van der Waals surface area contributed by atoms with Gasteiger partial charge in [0, 0.05) is 37.5 Å². The smallest absolute Gasteiger partial charge is 0.0749 e. The van der Waals surface area contributed by atoms with E-state index in [0.717, 1.165) is 37.7 Å². The average molecular weight is 311 g/mol. The molecular formula is C17H27ClN2O. The van der Waals surface area contributed by atoms with Crippen molar-refractivity contribution < 1.29 is 4.74 Å². The largest absolute Gasteiger partial charge is 0.376 e. The molecule has 118 valence electrons. The quantitative estimate of drug-likeness (QED) is 0.774. The molecule has 1 aliphatic heterocycles. The number of hydrogen-bond acceptors (Lipinski definition) is 3. The zero-order chi connectivity index (χ0) is 15.1. The molecule has 0 aromatic heterocycles. The molecule has 1 saturated heterocycles. The molecule has 1 heterocycles. The van der Waals surface area contributed by atoms with E-state index in [-0.39, 0.29) is 0 Å². The number of anilines is 1. The van der Waals surface area contributed by atoms with Crippen LogP contribution in [0.3, 0.4) is 0 Å². The van der Waals surface area contributed by atoms with Crippen molar-refractivity contribution in [3.8, 4) is 0 Å². The molecule has 1 N–H and O–H groups in total. The molecule has 1 aromatic rings. The van der Waals surface area contributed by atoms with E-state index >= 15 is 0 Å². The third-order valence-electron chi connectivity index (χ3n) is 3.95. The van der Waals surface area contributed by atoms with Gasteiger partial charge in [0.15, 0.2) is 0 Å². The Kier molecular flexibility index (Phi) is 6.81. The minimum absolute atomic E-state index is 0.357. The van der Waals surface area contributed by atoms with E-state index in [2.05, 4.69) is 36.3 Å². The van der Waals surface area contributed by atoms with E-state index in [1.54, 1.807) is 0 Å². The maximum atomic E-state index is 6.16. The molecule has 1 fully saturated rings. The van der Waals surface area contributed by atoms with Crippen LogP contribution in [0.15, 0.2) is 18.2 Å². The lowest BCUT2D eigenvalue weighted by molar-refractivity contribution is 0.0216. The second-order valence-electron chi connectivity index (χ2n) is 5.82. The molecule has 0 spiro atoms. The van der Waals surface area contributed by atoms with E-state index in [0.29, 0.717) is 6.10 Å². The van der Waals surface area contributed by atoms with Crippen LogP contribution in [-0.4, -0.2) is 32.8 Å². The predicted octanol–water partition coefficient (Wildman–Crippen LogP) is 3.84. The van der Waals surface area contributed by atoms with Crippen molar-refractivity contribution >= 4 is 17.3 Å². The molecule has 0 aliphatic carbocycles. The number of ether oxygens (including phenoxy) is 1. The van der Waals surface area contributed by atoms with Crippen LogP contribution in [-0.2, 0) is 11.3 Å². The first-order valence-electron chi connectivity index (χ1n) is 8.02. The van der Waals surface area contributed by atoms with E-state index in [1.165, 1.54) is 30.5 Å². The van der Waals surface area contributed by atoms with E-state index in [4.69, 9.17) is 16.3 Å². The van der Waals surface area contributed by atoms with Crippen LogP contribution in [0, 0.1) is 0 Å². The van der Waals surface area contributed by atoms with Crippen LogP contribution in [0.1, 0.15) is 38.2 Å². The molecule has 0 saturated carbocycles. The Morgan fingerprint density at radius 3 is 2.95 bits per heavy atom. The highest BCUT2D eigenvalue weighted by molar-refractivity contribution is 6.30. The maximum Gasteiger partial charge on any atom is 0.0749 e. The Balaban J connectivity index is 2.01. The molecule has 1 aliphatic rings. The molecule has 1 aromatic carbocycles. The highest BCUT2D eigenvalue weighted by atomic mass is 35.5. The molecule has 0 amide bonds. The SMILES string of the molecule is CCCNCc1cc(Cl)ccc1N(C)CC1CCCCO1. The van der Waals surface area contributed by atoms with Gasteiger partial charge in [0.2, 0.25) is 0 Å². The fourth-order valence-electron chi connectivity index (χ4n) is 2.82. The van der Waals surface area contributed by atoms with Crippen molar-refractivity contribution in [1.82, 2.24) is 5.32 Å². The highest BCUT2D eigenvalue weighted by Gasteiger charge is 2.17. The van der Waals surface area contributed by atoms with Gasteiger partial charge >= 0.3 is 0 Å². The Morgan fingerprint density at radius 2 is 2.24 bits per heavy atom. The van der Waals surface area contributed by atoms with Gasteiger partial charge in [-0.3, -0.25) is 0 Å². The fourth-order valence-corrected chi connectivity index (χ4v) is 3.02. The average Bonchev–Trinajstić information content (AvgIpc) is 2.48. The van der Waals surface area contributed by atoms with Gasteiger partial charge in [-0.1, -0.05) is 18.5 Å². The van der Waals surface area contributed by atoms with Crippen LogP contribution >= 0.6 is 11.6 Å². The lowest BCUT2D eigenvalue weighted by Gasteiger charge is -2.30. The second kappa shape index (κ2) is 8.62. The highest BCUT2D eigenvalue weighted by Crippen LogP contribution is 2.25. The maximum absolute atomic E-state index is 6.16. The molecule has 0 bridgehead atoms. The summed E-state index contributed by atoms with van der Waals surface area (Å²) >= 11 is 6.16. The molecule has 3 nitrogen and oxygen atoms in total. The lowest BCUT2D eigenvalue weighted by atomic mass is 10.1. The zero-order valence-electron chi connectivity index (χ0n) is 13.2. The summed E-state index contributed by atoms with van der Waals surface area (Å²) in [5.41, 5.74) is 2.51. The van der Waals surface area contributed by atoms with Gasteiger partial charge in [0.1, 0.15) is 0 Å². The molecular weight excluding hydrogens is 284 g/mol. The number of nitrogens with zero attached hydrogens (tertiary/aromatic N) is 1. The number of likely N-dealkylation sites (N-methyl/N-ethyl adjacent to an activating group) is 1. The number of rotatable bonds is 7. The summed E-state index contributed by atoms with van der Waals surface area (Å²) in [6, 6.07) is 6.16. The number of benzene rings is 1. The summed E-state index contributed by atoms with van der Waals surface area (Å²) in [5.74, 6) is 0. The van der Waals surface area contributed by atoms with Gasteiger partial charge in [-0.05, 0) is 56.0 Å². The molecule has 1 unspecified atom stereocenters. The van der Waals surface area contributed by atoms with Crippen molar-refractivity contribution in [1.29, 1.82) is 0 Å². The van der Waals surface area contributed by atoms with E-state index < -0.39 is 0 Å². The van der Waals surface area contributed by atoms with Gasteiger partial charge in [0.25, 0.3) is 0 Å². The zero-order valence-corrected chi connectivity index (χ0v) is 14.0.